The number of carbonyl (C=O) groups is 1. The van der Waals surface area contributed by atoms with Crippen molar-refractivity contribution in [2.45, 2.75) is 64.6 Å². The Kier molecular flexibility index (Phi) is 5.91. The molecule has 1 atom stereocenters. The Bertz CT molecular complexity index is 979. The lowest BCUT2D eigenvalue weighted by Crippen LogP contribution is -2.36. The normalized spacial score (nSPS) is 19.9. The van der Waals surface area contributed by atoms with Gasteiger partial charge in [0.2, 0.25) is 11.1 Å². The molecule has 7 heteroatoms. The summed E-state index contributed by atoms with van der Waals surface area (Å²) in [6, 6.07) is 7.76. The molecule has 0 radical (unpaired) electrons. The van der Waals surface area contributed by atoms with E-state index in [-0.39, 0.29) is 17.2 Å². The minimum atomic E-state index is -0.284. The molecule has 1 aliphatic heterocycles. The number of hydrogen-bond acceptors (Lipinski definition) is 6. The monoisotopic (exact) mass is 426 g/mol. The van der Waals surface area contributed by atoms with E-state index in [1.165, 1.54) is 0 Å². The number of hydrogen-bond donors (Lipinski definition) is 1. The summed E-state index contributed by atoms with van der Waals surface area (Å²) in [6.07, 6.45) is 3.37. The largest absolute Gasteiger partial charge is 0.494 e. The number of fused-ring (bicyclic) bond motifs is 1. The highest BCUT2D eigenvalue weighted by Crippen LogP contribution is 2.46. The van der Waals surface area contributed by atoms with Crippen LogP contribution in [0, 0.1) is 5.41 Å². The Morgan fingerprint density at radius 3 is 2.87 bits per heavy atom. The Balaban J connectivity index is 1.80. The maximum atomic E-state index is 13.3. The lowest BCUT2D eigenvalue weighted by atomic mass is 9.73. The molecule has 0 saturated carbocycles. The summed E-state index contributed by atoms with van der Waals surface area (Å²) in [5.41, 5.74) is 2.73. The van der Waals surface area contributed by atoms with Crippen LogP contribution in [0.15, 0.2) is 40.7 Å². The molecule has 160 valence electrons. The number of nitrogens with one attached hydrogen (secondary N) is 1. The topological polar surface area (TPSA) is 69.0 Å². The number of aromatic nitrogens is 3. The quantitative estimate of drug-likeness (QED) is 0.612. The lowest BCUT2D eigenvalue weighted by Gasteiger charge is -2.38. The number of ketones is 1. The van der Waals surface area contributed by atoms with E-state index >= 15 is 0 Å². The molecule has 0 bridgehead atoms. The van der Waals surface area contributed by atoms with Crippen molar-refractivity contribution in [3.8, 4) is 5.75 Å². The minimum Gasteiger partial charge on any atom is -0.494 e. The van der Waals surface area contributed by atoms with Crippen LogP contribution in [0.2, 0.25) is 0 Å². The third-order valence-electron chi connectivity index (χ3n) is 5.39. The van der Waals surface area contributed by atoms with Crippen LogP contribution >= 0.6 is 11.8 Å². The van der Waals surface area contributed by atoms with Crippen LogP contribution in [0.5, 0.6) is 5.75 Å². The SMILES string of the molecule is CCCOc1cccc(C2C3=C(CC(C)(C)CC3=O)Nc3nc(SCCC)nn32)c1. The van der Waals surface area contributed by atoms with Gasteiger partial charge >= 0.3 is 0 Å². The first-order valence-corrected chi connectivity index (χ1v) is 11.8. The summed E-state index contributed by atoms with van der Waals surface area (Å²) >= 11 is 1.65. The Morgan fingerprint density at radius 2 is 2.10 bits per heavy atom. The number of anilines is 1. The molecular weight excluding hydrogens is 396 g/mol. The molecule has 0 spiro atoms. The fraction of sp³-hybridized carbons (Fsp3) is 0.522. The third-order valence-corrected chi connectivity index (χ3v) is 6.44. The van der Waals surface area contributed by atoms with Crippen molar-refractivity contribution in [3.05, 3.63) is 41.1 Å². The number of ether oxygens (including phenoxy) is 1. The zero-order chi connectivity index (χ0) is 21.3. The van der Waals surface area contributed by atoms with Crippen LogP contribution in [-0.4, -0.2) is 32.9 Å². The number of carbonyl (C=O) groups excluding carboxylic acids is 1. The average Bonchev–Trinajstić information content (AvgIpc) is 3.10. The summed E-state index contributed by atoms with van der Waals surface area (Å²) in [6.45, 7) is 9.20. The number of benzene rings is 1. The van der Waals surface area contributed by atoms with E-state index in [0.717, 1.165) is 52.8 Å². The second-order valence-corrected chi connectivity index (χ2v) is 9.85. The Hall–Kier alpha value is -2.28. The zero-order valence-electron chi connectivity index (χ0n) is 18.2. The van der Waals surface area contributed by atoms with Crippen molar-refractivity contribution < 1.29 is 9.53 Å². The molecule has 2 aliphatic rings. The van der Waals surface area contributed by atoms with E-state index in [2.05, 4.69) is 39.1 Å². The van der Waals surface area contributed by atoms with Crippen molar-refractivity contribution in [1.82, 2.24) is 14.8 Å². The van der Waals surface area contributed by atoms with Crippen LogP contribution in [0.4, 0.5) is 5.95 Å². The van der Waals surface area contributed by atoms with Crippen molar-refractivity contribution in [2.24, 2.45) is 5.41 Å². The van der Waals surface area contributed by atoms with Gasteiger partial charge in [0, 0.05) is 23.4 Å². The van der Waals surface area contributed by atoms with Crippen molar-refractivity contribution in [1.29, 1.82) is 0 Å². The van der Waals surface area contributed by atoms with Crippen molar-refractivity contribution in [2.75, 3.05) is 17.7 Å². The summed E-state index contributed by atoms with van der Waals surface area (Å²) in [5.74, 6) is 2.68. The summed E-state index contributed by atoms with van der Waals surface area (Å²) in [7, 11) is 0. The second kappa shape index (κ2) is 8.46. The standard InChI is InChI=1S/C23H30N4O2S/c1-5-10-29-16-9-7-8-15(12-16)20-19-17(13-23(3,4)14-18(19)28)24-21-25-22(26-27(20)21)30-11-6-2/h7-9,12,20H,5-6,10-11,13-14H2,1-4H3,(H,24,25,26). The first-order chi connectivity index (χ1) is 14.4. The van der Waals surface area contributed by atoms with Gasteiger partial charge in [-0.2, -0.15) is 4.98 Å². The molecule has 2 heterocycles. The number of allylic oxidation sites excluding steroid dienone is 2. The molecule has 0 fully saturated rings. The molecule has 4 rings (SSSR count). The van der Waals surface area contributed by atoms with Crippen molar-refractivity contribution in [3.63, 3.8) is 0 Å². The van der Waals surface area contributed by atoms with Crippen molar-refractivity contribution >= 4 is 23.5 Å². The molecule has 0 saturated heterocycles. The fourth-order valence-corrected chi connectivity index (χ4v) is 4.83. The molecule has 1 aromatic heterocycles. The number of Topliss-reactive ketones (excluding diaryl/α,β-unsaturated/α-hetero) is 1. The summed E-state index contributed by atoms with van der Waals surface area (Å²) in [5, 5.41) is 8.96. The van der Waals surface area contributed by atoms with Gasteiger partial charge in [-0.15, -0.1) is 5.10 Å². The van der Waals surface area contributed by atoms with Crippen LogP contribution in [0.3, 0.4) is 0 Å². The predicted octanol–water partition coefficient (Wildman–Crippen LogP) is 5.23. The van der Waals surface area contributed by atoms with Crippen LogP contribution < -0.4 is 10.1 Å². The summed E-state index contributed by atoms with van der Waals surface area (Å²) in [4.78, 5) is 18.0. The molecule has 1 unspecified atom stereocenters. The van der Waals surface area contributed by atoms with Crippen LogP contribution in [-0.2, 0) is 4.79 Å². The van der Waals surface area contributed by atoms with Gasteiger partial charge in [-0.1, -0.05) is 51.6 Å². The van der Waals surface area contributed by atoms with Gasteiger partial charge in [0.15, 0.2) is 5.78 Å². The fourth-order valence-electron chi connectivity index (χ4n) is 4.15. The van der Waals surface area contributed by atoms with Crippen LogP contribution in [0.25, 0.3) is 0 Å². The zero-order valence-corrected chi connectivity index (χ0v) is 19.0. The number of thioether (sulfide) groups is 1. The van der Waals surface area contributed by atoms with Gasteiger partial charge in [0.25, 0.3) is 0 Å². The molecule has 1 aromatic carbocycles. The van der Waals surface area contributed by atoms with Gasteiger partial charge in [-0.3, -0.25) is 4.79 Å². The maximum absolute atomic E-state index is 13.3. The minimum absolute atomic E-state index is 0.0679. The average molecular weight is 427 g/mol. The van der Waals surface area contributed by atoms with Gasteiger partial charge in [0.1, 0.15) is 11.8 Å². The first-order valence-electron chi connectivity index (χ1n) is 10.8. The lowest BCUT2D eigenvalue weighted by molar-refractivity contribution is -0.118. The maximum Gasteiger partial charge on any atom is 0.227 e. The number of nitrogens with zero attached hydrogens (tertiary/aromatic N) is 3. The molecular formula is C23H30N4O2S. The molecule has 30 heavy (non-hydrogen) atoms. The van der Waals surface area contributed by atoms with Gasteiger partial charge < -0.3 is 10.1 Å². The number of rotatable bonds is 7. The van der Waals surface area contributed by atoms with E-state index < -0.39 is 0 Å². The smallest absolute Gasteiger partial charge is 0.227 e. The van der Waals surface area contributed by atoms with E-state index in [4.69, 9.17) is 14.8 Å². The molecule has 1 N–H and O–H groups in total. The van der Waals surface area contributed by atoms with E-state index in [1.807, 2.05) is 22.9 Å². The predicted molar refractivity (Wildman–Crippen MR) is 120 cm³/mol. The molecule has 0 amide bonds. The molecule has 2 aromatic rings. The second-order valence-electron chi connectivity index (χ2n) is 8.79. The van der Waals surface area contributed by atoms with E-state index in [9.17, 15) is 4.79 Å². The molecule has 6 nitrogen and oxygen atoms in total. The van der Waals surface area contributed by atoms with Gasteiger partial charge in [-0.25, -0.2) is 4.68 Å². The highest BCUT2D eigenvalue weighted by Gasteiger charge is 2.41. The first kappa shape index (κ1) is 21.0. The highest BCUT2D eigenvalue weighted by molar-refractivity contribution is 7.99. The van der Waals surface area contributed by atoms with Gasteiger partial charge in [-0.05, 0) is 42.4 Å². The van der Waals surface area contributed by atoms with Gasteiger partial charge in [0.05, 0.1) is 6.61 Å². The molecule has 1 aliphatic carbocycles. The highest BCUT2D eigenvalue weighted by atomic mass is 32.2. The Morgan fingerprint density at radius 1 is 1.27 bits per heavy atom. The van der Waals surface area contributed by atoms with E-state index in [1.54, 1.807) is 11.8 Å². The Labute approximate surface area is 182 Å². The third kappa shape index (κ3) is 4.13. The van der Waals surface area contributed by atoms with E-state index in [0.29, 0.717) is 19.0 Å². The van der Waals surface area contributed by atoms with Crippen LogP contribution in [0.1, 0.15) is 65.0 Å². The summed E-state index contributed by atoms with van der Waals surface area (Å²) < 4.78 is 7.74.